The first-order valence-electron chi connectivity index (χ1n) is 41.9. The van der Waals surface area contributed by atoms with Gasteiger partial charge < -0.3 is 70.2 Å². The van der Waals surface area contributed by atoms with E-state index in [1.807, 2.05) is 195 Å². The molecular formula is C92H128I10N6O14+6. The number of phenols is 1. The number of carbonyl (C=O) groups is 6. The van der Waals surface area contributed by atoms with Gasteiger partial charge in [0.1, 0.15) is 56.2 Å². The van der Waals surface area contributed by atoms with E-state index in [-0.39, 0.29) is 48.6 Å². The minimum absolute atomic E-state index is 0. The molecule has 0 amide bonds. The summed E-state index contributed by atoms with van der Waals surface area (Å²) in [6.07, 6.45) is 13.5. The topological polar surface area (TPSA) is 287 Å². The van der Waals surface area contributed by atoms with Gasteiger partial charge in [-0.25, -0.2) is 28.8 Å². The number of piperidine rings is 6. The lowest BCUT2D eigenvalue weighted by atomic mass is 9.83. The summed E-state index contributed by atoms with van der Waals surface area (Å²) in [6.45, 7) is 37.6. The number of hydrogen-bond acceptors (Lipinski definition) is 14. The van der Waals surface area contributed by atoms with Gasteiger partial charge in [0.05, 0.1) is 115 Å². The van der Waals surface area contributed by atoms with E-state index in [2.05, 4.69) is 249 Å². The normalized spacial score (nSPS) is 18.1. The molecule has 0 spiro atoms. The van der Waals surface area contributed by atoms with Crippen LogP contribution in [0.1, 0.15) is 230 Å². The number of halogens is 10. The van der Waals surface area contributed by atoms with Crippen LogP contribution in [0.5, 0.6) is 11.5 Å². The first-order chi connectivity index (χ1) is 57.0. The second kappa shape index (κ2) is 52.3. The van der Waals surface area contributed by atoms with Gasteiger partial charge in [0.2, 0.25) is 0 Å². The van der Waals surface area contributed by atoms with Gasteiger partial charge in [-0.1, -0.05) is 25.6 Å². The minimum atomic E-state index is -0.512. The molecule has 0 radical (unpaired) electrons. The number of quaternary nitrogens is 6. The molecule has 6 fully saturated rings. The number of esters is 6. The van der Waals surface area contributed by atoms with Gasteiger partial charge in [0, 0.05) is 103 Å². The summed E-state index contributed by atoms with van der Waals surface area (Å²) < 4.78 is 49.5. The summed E-state index contributed by atoms with van der Waals surface area (Å²) in [4.78, 5) is 74.6. The molecule has 0 aliphatic carbocycles. The summed E-state index contributed by atoms with van der Waals surface area (Å²) in [5, 5.41) is 24.0. The van der Waals surface area contributed by atoms with E-state index in [1.54, 1.807) is 13.2 Å². The van der Waals surface area contributed by atoms with Crippen molar-refractivity contribution in [1.82, 2.24) is 0 Å². The van der Waals surface area contributed by atoms with E-state index in [9.17, 15) is 33.9 Å². The third-order valence-electron chi connectivity index (χ3n) is 23.8. The standard InChI is InChI=1S/C16H21I2NO3.C15H18I3NO2.C15H19I2NO3.3C15H20INO2.CH4/c1-16(2,10-6-8-19-9-7-10)22-15(20)13-11(17)4-5-12(18)14(13)21-3;1-15(2,9-5-7-19-8-6-9)21-14(20)12-10(16)3-4-11(17)13(12)18;1-15(2,9-5-7-18-8-6-9)21-14(20)12-10(16)3-4-11(17)13(12)19;1-15(2,12-6-4-8-17-10-12)19-14(18)11-5-3-7-13(16)9-11;1-15(2,12-4-3-9-17-10-12)19-14(18)11-5-7-13(16)8-6-11;1-15(2,11-6-5-9-17-10-11)19-14(18)12-7-3-4-8-13(12)16;/h4-5,10,19H,6-9H2,1-3H3;3-4,9,19H,5-8H2,1-2H3;3-4,9,18-19H,5-8H2,1-2H3;3,5,7,9,12,17H,4,6,8,10H2,1-2H3;5-8,12,17H,3-4,9-10H2,1-2H3;3-4,7-8,11,17H,5-6,9-10H2,1-2H3;1H4/p+6. The molecule has 0 bridgehead atoms. The number of ether oxygens (including phenoxy) is 7. The molecule has 6 aliphatic rings. The molecule has 12 rings (SSSR count). The summed E-state index contributed by atoms with van der Waals surface area (Å²) >= 11 is 21.7. The Labute approximate surface area is 861 Å². The molecular weight excluding hydrogens is 2680 g/mol. The Morgan fingerprint density at radius 3 is 1.07 bits per heavy atom. The fourth-order valence-electron chi connectivity index (χ4n) is 16.1. The predicted octanol–water partition coefficient (Wildman–Crippen LogP) is 16.0. The Morgan fingerprint density at radius 2 is 0.664 bits per heavy atom. The number of nitrogens with two attached hydrogens (primary N) is 6. The zero-order valence-electron chi connectivity index (χ0n) is 71.8. The van der Waals surface area contributed by atoms with Crippen LogP contribution in [0.4, 0.5) is 0 Å². The number of hydrogen-bond donors (Lipinski definition) is 7. The van der Waals surface area contributed by atoms with Crippen LogP contribution in [0.3, 0.4) is 0 Å². The van der Waals surface area contributed by atoms with Crippen molar-refractivity contribution in [1.29, 1.82) is 0 Å². The molecule has 6 aromatic rings. The van der Waals surface area contributed by atoms with Gasteiger partial charge in [-0.2, -0.15) is 0 Å². The SMILES string of the molecule is C.CC(C)(OC(=O)c1c(I)ccc(I)c1I)C1CC[NH2+]CC1.CC(C)(OC(=O)c1c(I)ccc(I)c1O)C1CC[NH2+]CC1.CC(C)(OC(=O)c1ccc(I)cc1)C1CCC[NH2+]C1.CC(C)(OC(=O)c1cccc(I)c1)C1CCC[NH2+]C1.CC(C)(OC(=O)c1ccccc1I)C1CCC[NH2+]C1.COc1c(I)ccc(I)c1C(=O)OC(C)(C)C1CC[NH2+]CC1. The highest BCUT2D eigenvalue weighted by Gasteiger charge is 2.43. The lowest BCUT2D eigenvalue weighted by Crippen LogP contribution is -2.88. The Balaban J connectivity index is 0.000000226. The third-order valence-corrected chi connectivity index (χ3v) is 33.6. The molecule has 6 aromatic carbocycles. The van der Waals surface area contributed by atoms with Crippen LogP contribution in [-0.2, 0) is 28.4 Å². The van der Waals surface area contributed by atoms with Gasteiger partial charge in [-0.05, 0) is 439 Å². The van der Waals surface area contributed by atoms with E-state index in [0.29, 0.717) is 76.2 Å². The Kier molecular flexibility index (Phi) is 47.0. The van der Waals surface area contributed by atoms with Crippen LogP contribution in [0, 0.1) is 71.2 Å². The molecule has 6 saturated heterocycles. The van der Waals surface area contributed by atoms with Gasteiger partial charge in [0.25, 0.3) is 0 Å². The van der Waals surface area contributed by atoms with Gasteiger partial charge in [-0.3, -0.25) is 0 Å². The van der Waals surface area contributed by atoms with Gasteiger partial charge >= 0.3 is 35.8 Å². The predicted molar refractivity (Wildman–Crippen MR) is 564 cm³/mol. The van der Waals surface area contributed by atoms with Crippen LogP contribution in [0.25, 0.3) is 0 Å². The average molecular weight is 2810 g/mol. The summed E-state index contributed by atoms with van der Waals surface area (Å²) in [5.74, 6) is 1.60. The summed E-state index contributed by atoms with van der Waals surface area (Å²) in [5.41, 5.74) is 0.895. The molecule has 20 nitrogen and oxygen atoms in total. The molecule has 6 aliphatic heterocycles. The molecule has 3 atom stereocenters. The quantitative estimate of drug-likeness (QED) is 0.0172. The van der Waals surface area contributed by atoms with Crippen LogP contribution < -0.4 is 36.6 Å². The Bertz CT molecular complexity index is 4300. The second-order valence-corrected chi connectivity index (χ2v) is 46.4. The third kappa shape index (κ3) is 33.8. The van der Waals surface area contributed by atoms with Crippen molar-refractivity contribution in [2.45, 2.75) is 201 Å². The number of aromatic hydroxyl groups is 1. The molecule has 30 heteroatoms. The number of phenolic OH excluding ortho intramolecular Hbond substituents is 1. The maximum absolute atomic E-state index is 12.7. The highest BCUT2D eigenvalue weighted by atomic mass is 127. The molecule has 0 saturated carbocycles. The lowest BCUT2D eigenvalue weighted by molar-refractivity contribution is -0.671. The Morgan fingerprint density at radius 1 is 0.320 bits per heavy atom. The van der Waals surface area contributed by atoms with Crippen molar-refractivity contribution >= 4 is 262 Å². The van der Waals surface area contributed by atoms with Crippen molar-refractivity contribution in [2.24, 2.45) is 35.5 Å². The van der Waals surface area contributed by atoms with Crippen LogP contribution in [0.15, 0.2) is 109 Å². The van der Waals surface area contributed by atoms with Crippen molar-refractivity contribution in [3.8, 4) is 11.5 Å². The second-order valence-electron chi connectivity index (χ2n) is 34.7. The first kappa shape index (κ1) is 110. The molecule has 3 unspecified atom stereocenters. The Hall–Kier alpha value is -1.20. The monoisotopic (exact) mass is 2810 g/mol. The van der Waals surface area contributed by atoms with E-state index >= 15 is 0 Å². The van der Waals surface area contributed by atoms with E-state index in [0.717, 1.165) is 145 Å². The molecule has 6 heterocycles. The summed E-state index contributed by atoms with van der Waals surface area (Å²) in [7, 11) is 1.59. The number of methoxy groups -OCH3 is 1. The molecule has 13 N–H and O–H groups in total. The zero-order chi connectivity index (χ0) is 89.2. The molecule has 674 valence electrons. The van der Waals surface area contributed by atoms with Crippen molar-refractivity contribution in [3.63, 3.8) is 0 Å². The van der Waals surface area contributed by atoms with Crippen molar-refractivity contribution < 1.29 is 98.9 Å². The lowest BCUT2D eigenvalue weighted by Gasteiger charge is -2.35. The van der Waals surface area contributed by atoms with Gasteiger partial charge in [-0.15, -0.1) is 0 Å². The van der Waals surface area contributed by atoms with Crippen LogP contribution in [-0.4, -0.2) is 160 Å². The van der Waals surface area contributed by atoms with E-state index in [4.69, 9.17) is 33.2 Å². The smallest absolute Gasteiger partial charge is 0.343 e. The minimum Gasteiger partial charge on any atom is -0.506 e. The van der Waals surface area contributed by atoms with E-state index < -0.39 is 39.6 Å². The summed E-state index contributed by atoms with van der Waals surface area (Å²) in [6, 6.07) is 34.1. The first-order valence-corrected chi connectivity index (χ1v) is 52.7. The van der Waals surface area contributed by atoms with Crippen molar-refractivity contribution in [3.05, 3.63) is 178 Å². The average Bonchev–Trinajstić information content (AvgIpc) is 0.821. The largest absolute Gasteiger partial charge is 0.506 e. The molecule has 0 aromatic heterocycles. The fourth-order valence-corrected chi connectivity index (χ4v) is 22.3. The number of carbonyl (C=O) groups excluding carboxylic acids is 6. The maximum Gasteiger partial charge on any atom is 0.343 e. The zero-order valence-corrected chi connectivity index (χ0v) is 93.4. The number of rotatable bonds is 19. The van der Waals surface area contributed by atoms with Crippen molar-refractivity contribution in [2.75, 3.05) is 85.6 Å². The van der Waals surface area contributed by atoms with E-state index in [1.165, 1.54) is 38.9 Å². The highest BCUT2D eigenvalue weighted by molar-refractivity contribution is 14.1. The highest BCUT2D eigenvalue weighted by Crippen LogP contribution is 2.39. The fraction of sp³-hybridized carbons (Fsp3) is 0.543. The van der Waals surface area contributed by atoms with Crippen LogP contribution >= 0.6 is 226 Å². The molecule has 122 heavy (non-hydrogen) atoms. The number of benzene rings is 6. The van der Waals surface area contributed by atoms with Crippen LogP contribution in [0.2, 0.25) is 0 Å². The maximum atomic E-state index is 12.7. The van der Waals surface area contributed by atoms with Gasteiger partial charge in [0.15, 0.2) is 0 Å².